The van der Waals surface area contributed by atoms with Gasteiger partial charge in [0.15, 0.2) is 0 Å². The molecule has 5 nitrogen and oxygen atoms in total. The number of anilines is 1. The van der Waals surface area contributed by atoms with Gasteiger partial charge in [0.25, 0.3) is 0 Å². The topological polar surface area (TPSA) is 66.5 Å². The van der Waals surface area contributed by atoms with Gasteiger partial charge in [-0.05, 0) is 61.2 Å². The number of aryl methyl sites for hydroxylation is 1. The number of hydrogen-bond donors (Lipinski definition) is 1. The Morgan fingerprint density at radius 3 is 2.69 bits per heavy atom. The molecule has 1 heterocycles. The molecule has 1 amide bonds. The Kier molecular flexibility index (Phi) is 5.79. The van der Waals surface area contributed by atoms with Gasteiger partial charge in [0.05, 0.1) is 4.90 Å². The lowest BCUT2D eigenvalue weighted by molar-refractivity contribution is -0.119. The van der Waals surface area contributed by atoms with Crippen molar-refractivity contribution in [2.45, 2.75) is 37.6 Å². The standard InChI is InChI=1S/C19H21BrN2O3S/c1-14-11-17(8-9-18(14)20)26(24,25)21-13-15-5-4-6-16(12-15)22-10-3-2-7-19(22)23/h4-6,8-9,11-12,21H,2-3,7,10,13H2,1H3. The van der Waals surface area contributed by atoms with E-state index < -0.39 is 10.0 Å². The second kappa shape index (κ2) is 7.90. The highest BCUT2D eigenvalue weighted by Gasteiger charge is 2.20. The fraction of sp³-hybridized carbons (Fsp3) is 0.316. The van der Waals surface area contributed by atoms with Crippen LogP contribution in [0.25, 0.3) is 0 Å². The van der Waals surface area contributed by atoms with Crippen molar-refractivity contribution in [3.05, 3.63) is 58.1 Å². The molecule has 1 aliphatic rings. The lowest BCUT2D eigenvalue weighted by Gasteiger charge is -2.27. The van der Waals surface area contributed by atoms with Crippen molar-refractivity contribution in [1.82, 2.24) is 4.72 Å². The van der Waals surface area contributed by atoms with E-state index in [2.05, 4.69) is 20.7 Å². The van der Waals surface area contributed by atoms with E-state index in [1.54, 1.807) is 23.1 Å². The molecule has 1 saturated heterocycles. The molecule has 138 valence electrons. The minimum absolute atomic E-state index is 0.124. The van der Waals surface area contributed by atoms with Crippen LogP contribution < -0.4 is 9.62 Å². The summed E-state index contributed by atoms with van der Waals surface area (Å²) in [6.45, 7) is 2.74. The van der Waals surface area contributed by atoms with Gasteiger partial charge in [0.2, 0.25) is 15.9 Å². The number of carbonyl (C=O) groups excluding carboxylic acids is 1. The van der Waals surface area contributed by atoms with Crippen LogP contribution in [0.1, 0.15) is 30.4 Å². The molecule has 1 fully saturated rings. The molecule has 0 saturated carbocycles. The van der Waals surface area contributed by atoms with Crippen LogP contribution in [-0.2, 0) is 21.4 Å². The minimum Gasteiger partial charge on any atom is -0.312 e. The molecule has 0 radical (unpaired) electrons. The van der Waals surface area contributed by atoms with Gasteiger partial charge in [-0.3, -0.25) is 4.79 Å². The van der Waals surface area contributed by atoms with Gasteiger partial charge in [0.1, 0.15) is 0 Å². The van der Waals surface area contributed by atoms with Gasteiger partial charge in [-0.25, -0.2) is 13.1 Å². The highest BCUT2D eigenvalue weighted by molar-refractivity contribution is 9.10. The lowest BCUT2D eigenvalue weighted by atomic mass is 10.1. The maximum Gasteiger partial charge on any atom is 0.240 e. The van der Waals surface area contributed by atoms with E-state index in [1.165, 1.54) is 0 Å². The van der Waals surface area contributed by atoms with Crippen LogP contribution in [0.3, 0.4) is 0 Å². The van der Waals surface area contributed by atoms with Crippen molar-refractivity contribution in [2.75, 3.05) is 11.4 Å². The maximum atomic E-state index is 12.5. The zero-order valence-electron chi connectivity index (χ0n) is 14.5. The number of benzene rings is 2. The quantitative estimate of drug-likeness (QED) is 0.775. The third-order valence-corrected chi connectivity index (χ3v) is 6.74. The highest BCUT2D eigenvalue weighted by atomic mass is 79.9. The average Bonchev–Trinajstić information content (AvgIpc) is 2.63. The van der Waals surface area contributed by atoms with Gasteiger partial charge in [-0.2, -0.15) is 0 Å². The second-order valence-electron chi connectivity index (χ2n) is 6.41. The van der Waals surface area contributed by atoms with E-state index in [4.69, 9.17) is 0 Å². The molecule has 3 rings (SSSR count). The highest BCUT2D eigenvalue weighted by Crippen LogP contribution is 2.23. The molecule has 7 heteroatoms. The third kappa shape index (κ3) is 4.34. The van der Waals surface area contributed by atoms with Crippen molar-refractivity contribution < 1.29 is 13.2 Å². The van der Waals surface area contributed by atoms with Crippen molar-refractivity contribution in [1.29, 1.82) is 0 Å². The number of hydrogen-bond acceptors (Lipinski definition) is 3. The summed E-state index contributed by atoms with van der Waals surface area (Å²) in [5.41, 5.74) is 2.50. The van der Waals surface area contributed by atoms with Crippen LogP contribution in [-0.4, -0.2) is 20.9 Å². The van der Waals surface area contributed by atoms with Gasteiger partial charge in [0, 0.05) is 29.7 Å². The Morgan fingerprint density at radius 2 is 1.96 bits per heavy atom. The number of rotatable bonds is 5. The van der Waals surface area contributed by atoms with E-state index in [1.807, 2.05) is 31.2 Å². The fourth-order valence-electron chi connectivity index (χ4n) is 2.96. The van der Waals surface area contributed by atoms with Crippen LogP contribution in [0.15, 0.2) is 51.8 Å². The first-order chi connectivity index (χ1) is 12.4. The molecular weight excluding hydrogens is 416 g/mol. The van der Waals surface area contributed by atoms with Gasteiger partial charge >= 0.3 is 0 Å². The van der Waals surface area contributed by atoms with Crippen molar-refractivity contribution in [3.8, 4) is 0 Å². The molecule has 2 aromatic rings. The molecule has 0 aliphatic carbocycles. The molecule has 26 heavy (non-hydrogen) atoms. The van der Waals surface area contributed by atoms with Crippen LogP contribution in [0.4, 0.5) is 5.69 Å². The summed E-state index contributed by atoms with van der Waals surface area (Å²) in [6.07, 6.45) is 2.49. The molecule has 0 spiro atoms. The summed E-state index contributed by atoms with van der Waals surface area (Å²) < 4.78 is 28.5. The van der Waals surface area contributed by atoms with Crippen molar-refractivity contribution in [2.24, 2.45) is 0 Å². The maximum absolute atomic E-state index is 12.5. The first kappa shape index (κ1) is 19.1. The molecule has 1 aliphatic heterocycles. The smallest absolute Gasteiger partial charge is 0.240 e. The van der Waals surface area contributed by atoms with Crippen LogP contribution in [0.2, 0.25) is 0 Å². The minimum atomic E-state index is -3.60. The molecule has 1 N–H and O–H groups in total. The number of halogens is 1. The predicted octanol–water partition coefficient (Wildman–Crippen LogP) is 3.75. The SMILES string of the molecule is Cc1cc(S(=O)(=O)NCc2cccc(N3CCCCC3=O)c2)ccc1Br. The summed E-state index contributed by atoms with van der Waals surface area (Å²) in [7, 11) is -3.60. The molecular formula is C19H21BrN2O3S. The summed E-state index contributed by atoms with van der Waals surface area (Å²) in [5.74, 6) is 0.124. The molecule has 2 aromatic carbocycles. The lowest BCUT2D eigenvalue weighted by Crippen LogP contribution is -2.35. The zero-order chi connectivity index (χ0) is 18.7. The number of amides is 1. The van der Waals surface area contributed by atoms with E-state index in [0.717, 1.165) is 34.1 Å². The van der Waals surface area contributed by atoms with Crippen LogP contribution >= 0.6 is 15.9 Å². The molecule has 0 aromatic heterocycles. The van der Waals surface area contributed by atoms with Gasteiger partial charge in [-0.15, -0.1) is 0 Å². The zero-order valence-corrected chi connectivity index (χ0v) is 16.9. The fourth-order valence-corrected chi connectivity index (χ4v) is 4.31. The first-order valence-corrected chi connectivity index (χ1v) is 10.8. The van der Waals surface area contributed by atoms with Crippen molar-refractivity contribution >= 4 is 37.5 Å². The number of carbonyl (C=O) groups is 1. The Hall–Kier alpha value is -1.70. The number of nitrogens with one attached hydrogen (secondary N) is 1. The second-order valence-corrected chi connectivity index (χ2v) is 9.03. The molecule has 0 unspecified atom stereocenters. The Bertz CT molecular complexity index is 928. The Labute approximate surface area is 162 Å². The summed E-state index contributed by atoms with van der Waals surface area (Å²) in [5, 5.41) is 0. The first-order valence-electron chi connectivity index (χ1n) is 8.52. The van der Waals surface area contributed by atoms with Crippen molar-refractivity contribution in [3.63, 3.8) is 0 Å². The number of piperidine rings is 1. The normalized spacial score (nSPS) is 15.3. The van der Waals surface area contributed by atoms with E-state index in [-0.39, 0.29) is 17.3 Å². The Morgan fingerprint density at radius 1 is 1.15 bits per heavy atom. The number of nitrogens with zero attached hydrogens (tertiary/aromatic N) is 1. The third-order valence-electron chi connectivity index (χ3n) is 4.45. The van der Waals surface area contributed by atoms with Crippen LogP contribution in [0, 0.1) is 6.92 Å². The Balaban J connectivity index is 1.74. The van der Waals surface area contributed by atoms with Gasteiger partial charge in [-0.1, -0.05) is 28.1 Å². The monoisotopic (exact) mass is 436 g/mol. The summed E-state index contributed by atoms with van der Waals surface area (Å²) in [4.78, 5) is 14.1. The predicted molar refractivity (Wildman–Crippen MR) is 106 cm³/mol. The summed E-state index contributed by atoms with van der Waals surface area (Å²) in [6, 6.07) is 12.4. The largest absolute Gasteiger partial charge is 0.312 e. The number of sulfonamides is 1. The van der Waals surface area contributed by atoms with Crippen LogP contribution in [0.5, 0.6) is 0 Å². The van der Waals surface area contributed by atoms with E-state index in [9.17, 15) is 13.2 Å². The van der Waals surface area contributed by atoms with Gasteiger partial charge < -0.3 is 4.90 Å². The molecule has 0 atom stereocenters. The summed E-state index contributed by atoms with van der Waals surface area (Å²) >= 11 is 3.37. The molecule has 0 bridgehead atoms. The van der Waals surface area contributed by atoms with E-state index >= 15 is 0 Å². The average molecular weight is 437 g/mol. The van der Waals surface area contributed by atoms with E-state index in [0.29, 0.717) is 13.0 Å².